The first-order chi connectivity index (χ1) is 16.0. The molecule has 4 aromatic rings. The normalized spacial score (nSPS) is 14.2. The Bertz CT molecular complexity index is 1460. The number of benzene rings is 4. The Kier molecular flexibility index (Phi) is 5.03. The first kappa shape index (κ1) is 20.3. The summed E-state index contributed by atoms with van der Waals surface area (Å²) >= 11 is 0. The van der Waals surface area contributed by atoms with E-state index in [1.54, 1.807) is 18.3 Å². The van der Waals surface area contributed by atoms with E-state index >= 15 is 0 Å². The summed E-state index contributed by atoms with van der Waals surface area (Å²) in [4.78, 5) is 25.0. The van der Waals surface area contributed by atoms with Crippen LogP contribution in [-0.2, 0) is 11.3 Å². The first-order valence-electron chi connectivity index (χ1n) is 10.4. The number of imide groups is 1. The van der Waals surface area contributed by atoms with E-state index in [0.29, 0.717) is 23.2 Å². The number of rotatable bonds is 4. The Morgan fingerprint density at radius 3 is 2.30 bits per heavy atom. The van der Waals surface area contributed by atoms with Crippen molar-refractivity contribution in [2.24, 2.45) is 0 Å². The number of hydrogen-bond acceptors (Lipinski definition) is 5. The molecule has 5 rings (SSSR count). The van der Waals surface area contributed by atoms with Gasteiger partial charge in [0.1, 0.15) is 0 Å². The number of amides is 2. The van der Waals surface area contributed by atoms with Gasteiger partial charge in [0.2, 0.25) is 0 Å². The van der Waals surface area contributed by atoms with Crippen molar-refractivity contribution >= 4 is 28.2 Å². The zero-order valence-corrected chi connectivity index (χ0v) is 17.5. The van der Waals surface area contributed by atoms with E-state index in [4.69, 9.17) is 0 Å². The molecular weight excluding hydrogens is 416 g/mol. The van der Waals surface area contributed by atoms with E-state index in [9.17, 15) is 19.8 Å². The van der Waals surface area contributed by atoms with Gasteiger partial charge in [-0.2, -0.15) is 0 Å². The first-order valence-corrected chi connectivity index (χ1v) is 10.4. The maximum Gasteiger partial charge on any atom is 0.260 e. The van der Waals surface area contributed by atoms with E-state index in [-0.39, 0.29) is 11.5 Å². The lowest BCUT2D eigenvalue weighted by Crippen LogP contribution is -2.37. The van der Waals surface area contributed by atoms with Gasteiger partial charge in [-0.25, -0.2) is 0 Å². The van der Waals surface area contributed by atoms with E-state index in [2.05, 4.69) is 22.8 Å². The molecule has 0 aliphatic carbocycles. The molecule has 1 aliphatic rings. The number of hydrogen-bond donors (Lipinski definition) is 4. The maximum absolute atomic E-state index is 12.6. The van der Waals surface area contributed by atoms with Crippen LogP contribution in [0, 0.1) is 0 Å². The van der Waals surface area contributed by atoms with Crippen molar-refractivity contribution in [1.29, 1.82) is 0 Å². The molecule has 6 heteroatoms. The van der Waals surface area contributed by atoms with Gasteiger partial charge in [-0.3, -0.25) is 14.9 Å². The van der Waals surface area contributed by atoms with E-state index < -0.39 is 11.8 Å². The fraction of sp³-hybridized carbons (Fsp3) is 0.0370. The molecule has 4 aromatic carbocycles. The van der Waals surface area contributed by atoms with Gasteiger partial charge in [0, 0.05) is 23.9 Å². The minimum Gasteiger partial charge on any atom is -0.504 e. The molecule has 0 radical (unpaired) electrons. The summed E-state index contributed by atoms with van der Waals surface area (Å²) in [6, 6.07) is 24.2. The van der Waals surface area contributed by atoms with Crippen LogP contribution in [0.15, 0.2) is 85.1 Å². The SMILES string of the molecule is O=C1NC(=O)c2ccc(-c3ccc4ccccc4c3)cc2C1=CNCc1ccc(O)c(O)c1. The molecule has 0 atom stereocenters. The minimum absolute atomic E-state index is 0.197. The van der Waals surface area contributed by atoms with Crippen LogP contribution >= 0.6 is 0 Å². The Labute approximate surface area is 189 Å². The number of phenolic OH excluding ortho intramolecular Hbond substituents is 2. The lowest BCUT2D eigenvalue weighted by Gasteiger charge is -2.19. The molecule has 0 saturated heterocycles. The van der Waals surface area contributed by atoms with Crippen molar-refractivity contribution in [3.8, 4) is 22.6 Å². The lowest BCUT2D eigenvalue weighted by molar-refractivity contribution is -0.114. The van der Waals surface area contributed by atoms with Crippen LogP contribution in [0.5, 0.6) is 11.5 Å². The molecule has 1 heterocycles. The predicted molar refractivity (Wildman–Crippen MR) is 126 cm³/mol. The van der Waals surface area contributed by atoms with Crippen LogP contribution in [0.2, 0.25) is 0 Å². The summed E-state index contributed by atoms with van der Waals surface area (Å²) in [5.74, 6) is -1.32. The highest BCUT2D eigenvalue weighted by Crippen LogP contribution is 2.31. The standard InChI is InChI=1S/C27H20N2O4/c30-24-10-5-16(11-25(24)31)14-28-15-23-22-13-20(8-9-21(22)26(32)29-27(23)33)19-7-6-17-3-1-2-4-18(17)12-19/h1-13,15,28,30-31H,14H2,(H,29,32,33). The van der Waals surface area contributed by atoms with Gasteiger partial charge in [-0.1, -0.05) is 48.5 Å². The summed E-state index contributed by atoms with van der Waals surface area (Å²) < 4.78 is 0. The Balaban J connectivity index is 1.49. The zero-order valence-electron chi connectivity index (χ0n) is 17.5. The largest absolute Gasteiger partial charge is 0.504 e. The molecule has 33 heavy (non-hydrogen) atoms. The van der Waals surface area contributed by atoms with Crippen LogP contribution in [0.1, 0.15) is 21.5 Å². The highest BCUT2D eigenvalue weighted by atomic mass is 16.3. The summed E-state index contributed by atoms with van der Waals surface area (Å²) in [5.41, 5.74) is 3.93. The number of carbonyl (C=O) groups excluding carboxylic acids is 2. The van der Waals surface area contributed by atoms with Crippen molar-refractivity contribution in [2.45, 2.75) is 6.54 Å². The highest BCUT2D eigenvalue weighted by Gasteiger charge is 2.27. The zero-order chi connectivity index (χ0) is 22.9. The molecule has 162 valence electrons. The van der Waals surface area contributed by atoms with Crippen molar-refractivity contribution in [1.82, 2.24) is 10.6 Å². The molecule has 0 spiro atoms. The Morgan fingerprint density at radius 1 is 0.727 bits per heavy atom. The van der Waals surface area contributed by atoms with Gasteiger partial charge in [-0.15, -0.1) is 0 Å². The summed E-state index contributed by atoms with van der Waals surface area (Å²) in [6.45, 7) is 0.318. The monoisotopic (exact) mass is 436 g/mol. The molecule has 6 nitrogen and oxygen atoms in total. The van der Waals surface area contributed by atoms with E-state index in [0.717, 1.165) is 27.5 Å². The predicted octanol–water partition coefficient (Wildman–Crippen LogP) is 4.32. The summed E-state index contributed by atoms with van der Waals surface area (Å²) in [6.07, 6.45) is 1.56. The minimum atomic E-state index is -0.482. The number of carbonyl (C=O) groups is 2. The van der Waals surface area contributed by atoms with E-state index in [1.807, 2.05) is 42.5 Å². The van der Waals surface area contributed by atoms with Crippen molar-refractivity contribution < 1.29 is 19.8 Å². The molecular formula is C27H20N2O4. The van der Waals surface area contributed by atoms with Gasteiger partial charge in [0.15, 0.2) is 11.5 Å². The Hall–Kier alpha value is -4.58. The van der Waals surface area contributed by atoms with Crippen molar-refractivity contribution in [3.63, 3.8) is 0 Å². The molecule has 1 aliphatic heterocycles. The van der Waals surface area contributed by atoms with E-state index in [1.165, 1.54) is 12.1 Å². The molecule has 0 bridgehead atoms. The third-order valence-electron chi connectivity index (χ3n) is 5.70. The van der Waals surface area contributed by atoms with Crippen molar-refractivity contribution in [2.75, 3.05) is 0 Å². The molecule has 0 fully saturated rings. The topological polar surface area (TPSA) is 98.7 Å². The molecule has 0 unspecified atom stereocenters. The molecule has 4 N–H and O–H groups in total. The van der Waals surface area contributed by atoms with Crippen LogP contribution < -0.4 is 10.6 Å². The third-order valence-corrected chi connectivity index (χ3v) is 5.70. The second-order valence-corrected chi connectivity index (χ2v) is 7.87. The van der Waals surface area contributed by atoms with Gasteiger partial charge in [0.25, 0.3) is 11.8 Å². The quantitative estimate of drug-likeness (QED) is 0.217. The van der Waals surface area contributed by atoms with Crippen LogP contribution in [0.25, 0.3) is 27.5 Å². The molecule has 0 saturated carbocycles. The fourth-order valence-corrected chi connectivity index (χ4v) is 3.97. The number of fused-ring (bicyclic) bond motifs is 2. The number of nitrogens with one attached hydrogen (secondary N) is 2. The smallest absolute Gasteiger partial charge is 0.260 e. The average molecular weight is 436 g/mol. The number of phenols is 2. The van der Waals surface area contributed by atoms with Crippen LogP contribution in [0.4, 0.5) is 0 Å². The molecule has 0 aromatic heterocycles. The second kappa shape index (κ2) is 8.16. The van der Waals surface area contributed by atoms with Crippen LogP contribution in [-0.4, -0.2) is 22.0 Å². The molecule has 2 amide bonds. The highest BCUT2D eigenvalue weighted by molar-refractivity contribution is 6.31. The van der Waals surface area contributed by atoms with Gasteiger partial charge >= 0.3 is 0 Å². The fourth-order valence-electron chi connectivity index (χ4n) is 3.97. The number of aromatic hydroxyl groups is 2. The van der Waals surface area contributed by atoms with Gasteiger partial charge in [-0.05, 0) is 57.8 Å². The van der Waals surface area contributed by atoms with Crippen LogP contribution in [0.3, 0.4) is 0 Å². The van der Waals surface area contributed by atoms with Crippen molar-refractivity contribution in [3.05, 3.63) is 102 Å². The summed E-state index contributed by atoms with van der Waals surface area (Å²) in [5, 5.41) is 26.8. The van der Waals surface area contributed by atoms with Gasteiger partial charge < -0.3 is 15.5 Å². The maximum atomic E-state index is 12.6. The Morgan fingerprint density at radius 2 is 1.48 bits per heavy atom. The second-order valence-electron chi connectivity index (χ2n) is 7.87. The third kappa shape index (κ3) is 3.90. The summed E-state index contributed by atoms with van der Waals surface area (Å²) in [7, 11) is 0. The average Bonchev–Trinajstić information content (AvgIpc) is 2.82. The lowest BCUT2D eigenvalue weighted by atomic mass is 9.91. The van der Waals surface area contributed by atoms with Gasteiger partial charge in [0.05, 0.1) is 5.57 Å².